The lowest BCUT2D eigenvalue weighted by molar-refractivity contribution is 0.0709. The van der Waals surface area contributed by atoms with Crippen molar-refractivity contribution in [1.29, 1.82) is 0 Å². The summed E-state index contributed by atoms with van der Waals surface area (Å²) in [4.78, 5) is 24.1. The van der Waals surface area contributed by atoms with Gasteiger partial charge in [-0.3, -0.25) is 4.79 Å². The first kappa shape index (κ1) is 21.1. The van der Waals surface area contributed by atoms with Crippen molar-refractivity contribution < 1.29 is 13.9 Å². The van der Waals surface area contributed by atoms with E-state index in [9.17, 15) is 9.18 Å². The Bertz CT molecular complexity index is 1090. The van der Waals surface area contributed by atoms with Gasteiger partial charge in [-0.25, -0.2) is 19.0 Å². The second-order valence-electron chi connectivity index (χ2n) is 8.15. The molecule has 1 fully saturated rings. The Balaban J connectivity index is 1.74. The molecular weight excluding hydrogens is 397 g/mol. The molecule has 8 heteroatoms. The Labute approximate surface area is 180 Å². The average molecular weight is 423 g/mol. The highest BCUT2D eigenvalue weighted by atomic mass is 19.1. The van der Waals surface area contributed by atoms with Crippen LogP contribution >= 0.6 is 0 Å². The summed E-state index contributed by atoms with van der Waals surface area (Å²) in [5.41, 5.74) is 3.65. The quantitative estimate of drug-likeness (QED) is 0.625. The Morgan fingerprint density at radius 3 is 2.65 bits per heavy atom. The van der Waals surface area contributed by atoms with Crippen LogP contribution in [-0.4, -0.2) is 56.9 Å². The fourth-order valence-electron chi connectivity index (χ4n) is 3.86. The number of ether oxygens (including phenoxy) is 1. The van der Waals surface area contributed by atoms with E-state index in [1.807, 2.05) is 20.8 Å². The highest BCUT2D eigenvalue weighted by molar-refractivity contribution is 5.95. The normalized spacial score (nSPS) is 16.1. The maximum absolute atomic E-state index is 13.4. The van der Waals surface area contributed by atoms with Crippen LogP contribution < -0.4 is 0 Å². The molecule has 1 saturated heterocycles. The minimum Gasteiger partial charge on any atom is -0.379 e. The molecule has 1 aliphatic heterocycles. The van der Waals surface area contributed by atoms with Crippen LogP contribution in [0, 0.1) is 12.7 Å². The van der Waals surface area contributed by atoms with Crippen LogP contribution in [0.2, 0.25) is 0 Å². The number of carbonyl (C=O) groups is 1. The fraction of sp³-hybridized carbons (Fsp3) is 0.391. The molecule has 1 atom stereocenters. The Morgan fingerprint density at radius 1 is 1.26 bits per heavy atom. The molecule has 0 N–H and O–H groups in total. The lowest BCUT2D eigenvalue weighted by Gasteiger charge is -2.23. The van der Waals surface area contributed by atoms with Gasteiger partial charge in [0.05, 0.1) is 35.8 Å². The number of aromatic nitrogens is 4. The zero-order chi connectivity index (χ0) is 22.1. The van der Waals surface area contributed by atoms with Crippen molar-refractivity contribution in [2.24, 2.45) is 0 Å². The van der Waals surface area contributed by atoms with Crippen molar-refractivity contribution >= 4 is 5.91 Å². The van der Waals surface area contributed by atoms with Crippen LogP contribution in [0.1, 0.15) is 47.8 Å². The van der Waals surface area contributed by atoms with Crippen LogP contribution in [-0.2, 0) is 4.74 Å². The molecule has 3 aromatic rings. The monoisotopic (exact) mass is 423 g/mol. The predicted octanol–water partition coefficient (Wildman–Crippen LogP) is 3.76. The Morgan fingerprint density at radius 2 is 2.00 bits per heavy atom. The van der Waals surface area contributed by atoms with Crippen molar-refractivity contribution in [3.05, 3.63) is 59.3 Å². The summed E-state index contributed by atoms with van der Waals surface area (Å²) >= 11 is 0. The van der Waals surface area contributed by atoms with E-state index in [0.29, 0.717) is 30.4 Å². The molecule has 0 unspecified atom stereocenters. The number of nitrogens with zero attached hydrogens (tertiary/aromatic N) is 5. The van der Waals surface area contributed by atoms with E-state index < -0.39 is 0 Å². The van der Waals surface area contributed by atoms with Gasteiger partial charge in [0, 0.05) is 25.4 Å². The van der Waals surface area contributed by atoms with E-state index in [4.69, 9.17) is 9.72 Å². The number of amides is 1. The molecule has 4 rings (SSSR count). The summed E-state index contributed by atoms with van der Waals surface area (Å²) in [6.07, 6.45) is 4.14. The molecule has 1 aromatic carbocycles. The highest BCUT2D eigenvalue weighted by Crippen LogP contribution is 2.26. The lowest BCUT2D eigenvalue weighted by atomic mass is 10.0. The lowest BCUT2D eigenvalue weighted by Crippen LogP contribution is -2.37. The van der Waals surface area contributed by atoms with Gasteiger partial charge in [0.15, 0.2) is 0 Å². The number of aryl methyl sites for hydroxylation is 1. The number of benzene rings is 1. The van der Waals surface area contributed by atoms with Crippen molar-refractivity contribution in [2.45, 2.75) is 39.2 Å². The summed E-state index contributed by atoms with van der Waals surface area (Å²) in [7, 11) is 1.80. The zero-order valence-corrected chi connectivity index (χ0v) is 18.2. The summed E-state index contributed by atoms with van der Waals surface area (Å²) in [5, 5.41) is 4.47. The van der Waals surface area contributed by atoms with Gasteiger partial charge in [0.2, 0.25) is 0 Å². The third kappa shape index (κ3) is 4.07. The molecular formula is C23H26FN5O2. The standard InChI is InChI=1S/C23H26FN5O2/c1-14(2)21-19(22(30)28(4)18-9-10-31-13-18)12-26-29(21)23-25-11-15(3)20(27-23)16-5-7-17(24)8-6-16/h5-8,11-12,14,18H,9-10,13H2,1-4H3/t18-/m0/s1. The van der Waals surface area contributed by atoms with Crippen molar-refractivity contribution in [3.63, 3.8) is 0 Å². The van der Waals surface area contributed by atoms with Crippen LogP contribution in [0.3, 0.4) is 0 Å². The SMILES string of the molecule is Cc1cnc(-n2ncc(C(=O)N(C)[C@H]3CCOC3)c2C(C)C)nc1-c1ccc(F)cc1. The number of hydrogen-bond acceptors (Lipinski definition) is 5. The molecule has 0 spiro atoms. The number of carbonyl (C=O) groups excluding carboxylic acids is 1. The van der Waals surface area contributed by atoms with Crippen LogP contribution in [0.4, 0.5) is 4.39 Å². The van der Waals surface area contributed by atoms with E-state index in [1.165, 1.54) is 12.1 Å². The number of hydrogen-bond donors (Lipinski definition) is 0. The van der Waals surface area contributed by atoms with Gasteiger partial charge >= 0.3 is 0 Å². The third-order valence-corrected chi connectivity index (χ3v) is 5.62. The molecule has 1 amide bonds. The first-order valence-electron chi connectivity index (χ1n) is 10.4. The van der Waals surface area contributed by atoms with Gasteiger partial charge < -0.3 is 9.64 Å². The third-order valence-electron chi connectivity index (χ3n) is 5.62. The summed E-state index contributed by atoms with van der Waals surface area (Å²) < 4.78 is 20.4. The molecule has 2 aromatic heterocycles. The van der Waals surface area contributed by atoms with Gasteiger partial charge in [0.1, 0.15) is 5.82 Å². The maximum atomic E-state index is 13.4. The van der Waals surface area contributed by atoms with Crippen LogP contribution in [0.25, 0.3) is 17.2 Å². The number of rotatable bonds is 5. The molecule has 1 aliphatic rings. The van der Waals surface area contributed by atoms with Crippen LogP contribution in [0.15, 0.2) is 36.7 Å². The summed E-state index contributed by atoms with van der Waals surface area (Å²) in [6.45, 7) is 7.15. The molecule has 31 heavy (non-hydrogen) atoms. The molecule has 0 radical (unpaired) electrons. The smallest absolute Gasteiger partial charge is 0.257 e. The molecule has 3 heterocycles. The van der Waals surface area contributed by atoms with Crippen molar-refractivity contribution in [2.75, 3.05) is 20.3 Å². The zero-order valence-electron chi connectivity index (χ0n) is 18.2. The highest BCUT2D eigenvalue weighted by Gasteiger charge is 2.29. The largest absolute Gasteiger partial charge is 0.379 e. The molecule has 7 nitrogen and oxygen atoms in total. The minimum absolute atomic E-state index is 0.0221. The van der Waals surface area contributed by atoms with Gasteiger partial charge in [-0.1, -0.05) is 13.8 Å². The van der Waals surface area contributed by atoms with E-state index in [0.717, 1.165) is 23.2 Å². The molecule has 162 valence electrons. The number of likely N-dealkylation sites (N-methyl/N-ethyl adjacent to an activating group) is 1. The first-order valence-corrected chi connectivity index (χ1v) is 10.4. The van der Waals surface area contributed by atoms with Gasteiger partial charge in [-0.05, 0) is 49.1 Å². The fourth-order valence-corrected chi connectivity index (χ4v) is 3.86. The predicted molar refractivity (Wildman–Crippen MR) is 115 cm³/mol. The van der Waals surface area contributed by atoms with E-state index >= 15 is 0 Å². The second kappa shape index (κ2) is 8.55. The molecule has 0 bridgehead atoms. The van der Waals surface area contributed by atoms with E-state index in [-0.39, 0.29) is 23.7 Å². The first-order chi connectivity index (χ1) is 14.9. The van der Waals surface area contributed by atoms with E-state index in [1.54, 1.807) is 41.2 Å². The Hall–Kier alpha value is -3.13. The van der Waals surface area contributed by atoms with Gasteiger partial charge in [-0.15, -0.1) is 0 Å². The summed E-state index contributed by atoms with van der Waals surface area (Å²) in [5.74, 6) is 0.00879. The molecule has 0 aliphatic carbocycles. The number of halogens is 1. The topological polar surface area (TPSA) is 73.1 Å². The summed E-state index contributed by atoms with van der Waals surface area (Å²) in [6, 6.07) is 6.26. The Kier molecular flexibility index (Phi) is 5.82. The average Bonchev–Trinajstić information content (AvgIpc) is 3.44. The van der Waals surface area contributed by atoms with Crippen molar-refractivity contribution in [3.8, 4) is 17.2 Å². The molecule has 0 saturated carbocycles. The second-order valence-corrected chi connectivity index (χ2v) is 8.15. The van der Waals surface area contributed by atoms with Gasteiger partial charge in [-0.2, -0.15) is 5.10 Å². The van der Waals surface area contributed by atoms with Crippen molar-refractivity contribution in [1.82, 2.24) is 24.6 Å². The van der Waals surface area contributed by atoms with E-state index in [2.05, 4.69) is 10.1 Å². The minimum atomic E-state index is -0.301. The maximum Gasteiger partial charge on any atom is 0.257 e. The van der Waals surface area contributed by atoms with Crippen LogP contribution in [0.5, 0.6) is 0 Å². The van der Waals surface area contributed by atoms with Gasteiger partial charge in [0.25, 0.3) is 11.9 Å².